The molecule has 0 aliphatic heterocycles. The number of pyridine rings is 1. The lowest BCUT2D eigenvalue weighted by Gasteiger charge is -2.09. The standard InChI is InChI=1S/C31H20FN/c32-30-15-13-22(14-16-30)26-12-10-23-9-11-25(17-28(23)18-26)21-5-7-24(8-6-21)29-19-27-3-1-2-4-31(27)33-20-29/h1-20H. The molecule has 33 heavy (non-hydrogen) atoms. The van der Waals surface area contributed by atoms with Gasteiger partial charge in [0.2, 0.25) is 0 Å². The highest BCUT2D eigenvalue weighted by atomic mass is 19.1. The molecule has 0 unspecified atom stereocenters. The lowest BCUT2D eigenvalue weighted by atomic mass is 9.96. The Morgan fingerprint density at radius 1 is 0.424 bits per heavy atom. The van der Waals surface area contributed by atoms with Gasteiger partial charge in [0.05, 0.1) is 5.52 Å². The number of benzene rings is 5. The van der Waals surface area contributed by atoms with Crippen LogP contribution >= 0.6 is 0 Å². The SMILES string of the molecule is Fc1ccc(-c2ccc3ccc(-c4ccc(-c5cnc6ccccc6c5)cc4)cc3c2)cc1. The summed E-state index contributed by atoms with van der Waals surface area (Å²) in [4.78, 5) is 4.59. The molecule has 6 rings (SSSR count). The number of hydrogen-bond donors (Lipinski definition) is 0. The van der Waals surface area contributed by atoms with Gasteiger partial charge in [-0.05, 0) is 75.0 Å². The van der Waals surface area contributed by atoms with Crippen molar-refractivity contribution in [1.29, 1.82) is 0 Å². The van der Waals surface area contributed by atoms with E-state index in [4.69, 9.17) is 0 Å². The van der Waals surface area contributed by atoms with Gasteiger partial charge in [-0.2, -0.15) is 0 Å². The fourth-order valence-corrected chi connectivity index (χ4v) is 4.33. The summed E-state index contributed by atoms with van der Waals surface area (Å²) in [7, 11) is 0. The van der Waals surface area contributed by atoms with Crippen LogP contribution < -0.4 is 0 Å². The lowest BCUT2D eigenvalue weighted by Crippen LogP contribution is -1.84. The fraction of sp³-hybridized carbons (Fsp3) is 0. The van der Waals surface area contributed by atoms with Crippen molar-refractivity contribution < 1.29 is 4.39 Å². The molecule has 0 bridgehead atoms. The number of rotatable bonds is 3. The Labute approximate surface area is 191 Å². The maximum absolute atomic E-state index is 13.3. The predicted octanol–water partition coefficient (Wildman–Crippen LogP) is 8.53. The van der Waals surface area contributed by atoms with Gasteiger partial charge in [0.25, 0.3) is 0 Å². The molecule has 0 aliphatic carbocycles. The summed E-state index contributed by atoms with van der Waals surface area (Å²) in [5.74, 6) is -0.218. The van der Waals surface area contributed by atoms with Crippen LogP contribution in [0.1, 0.15) is 0 Å². The Morgan fingerprint density at radius 3 is 1.61 bits per heavy atom. The molecule has 0 aliphatic rings. The number of nitrogens with zero attached hydrogens (tertiary/aromatic N) is 1. The average molecular weight is 426 g/mol. The number of para-hydroxylation sites is 1. The summed E-state index contributed by atoms with van der Waals surface area (Å²) in [5.41, 5.74) is 7.70. The molecule has 0 saturated heterocycles. The Bertz CT molecular complexity index is 1600. The van der Waals surface area contributed by atoms with Gasteiger partial charge in [-0.1, -0.05) is 78.9 Å². The van der Waals surface area contributed by atoms with E-state index >= 15 is 0 Å². The van der Waals surface area contributed by atoms with Gasteiger partial charge >= 0.3 is 0 Å². The smallest absolute Gasteiger partial charge is 0.123 e. The van der Waals surface area contributed by atoms with Gasteiger partial charge < -0.3 is 0 Å². The molecule has 0 fully saturated rings. The minimum absolute atomic E-state index is 0.218. The van der Waals surface area contributed by atoms with Crippen molar-refractivity contribution >= 4 is 21.7 Å². The summed E-state index contributed by atoms with van der Waals surface area (Å²) < 4.78 is 13.3. The Balaban J connectivity index is 1.34. The van der Waals surface area contributed by atoms with Crippen LogP contribution in [0, 0.1) is 5.82 Å². The molecule has 5 aromatic carbocycles. The van der Waals surface area contributed by atoms with Crippen LogP contribution in [0.25, 0.3) is 55.1 Å². The predicted molar refractivity (Wildman–Crippen MR) is 136 cm³/mol. The van der Waals surface area contributed by atoms with Crippen molar-refractivity contribution in [2.75, 3.05) is 0 Å². The van der Waals surface area contributed by atoms with Gasteiger partial charge in [-0.15, -0.1) is 0 Å². The van der Waals surface area contributed by atoms with Crippen LogP contribution in [0.2, 0.25) is 0 Å². The van der Waals surface area contributed by atoms with Crippen molar-refractivity contribution in [3.05, 3.63) is 127 Å². The minimum atomic E-state index is -0.218. The summed E-state index contributed by atoms with van der Waals surface area (Å²) in [6.07, 6.45) is 1.93. The number of fused-ring (bicyclic) bond motifs is 2. The summed E-state index contributed by atoms with van der Waals surface area (Å²) >= 11 is 0. The van der Waals surface area contributed by atoms with Crippen LogP contribution in [-0.4, -0.2) is 4.98 Å². The van der Waals surface area contributed by atoms with Crippen LogP contribution in [0.4, 0.5) is 4.39 Å². The maximum Gasteiger partial charge on any atom is 0.123 e. The first-order chi connectivity index (χ1) is 16.2. The third-order valence-electron chi connectivity index (χ3n) is 6.16. The third kappa shape index (κ3) is 3.77. The van der Waals surface area contributed by atoms with E-state index in [2.05, 4.69) is 77.8 Å². The summed E-state index contributed by atoms with van der Waals surface area (Å²) in [5, 5.41) is 3.49. The van der Waals surface area contributed by atoms with Crippen LogP contribution in [0.5, 0.6) is 0 Å². The molecule has 6 aromatic rings. The van der Waals surface area contributed by atoms with E-state index in [1.165, 1.54) is 28.6 Å². The second kappa shape index (κ2) is 7.99. The topological polar surface area (TPSA) is 12.9 Å². The monoisotopic (exact) mass is 425 g/mol. The average Bonchev–Trinajstić information content (AvgIpc) is 2.88. The van der Waals surface area contributed by atoms with E-state index in [0.717, 1.165) is 38.5 Å². The van der Waals surface area contributed by atoms with Gasteiger partial charge in [-0.25, -0.2) is 4.39 Å². The molecule has 2 heteroatoms. The lowest BCUT2D eigenvalue weighted by molar-refractivity contribution is 0.628. The van der Waals surface area contributed by atoms with Crippen LogP contribution in [0.15, 0.2) is 121 Å². The largest absolute Gasteiger partial charge is 0.256 e. The first kappa shape index (κ1) is 19.4. The zero-order chi connectivity index (χ0) is 22.2. The molecular weight excluding hydrogens is 405 g/mol. The molecule has 0 atom stereocenters. The molecule has 1 aromatic heterocycles. The van der Waals surface area contributed by atoms with Gasteiger partial charge in [-0.3, -0.25) is 4.98 Å². The van der Waals surface area contributed by atoms with E-state index in [9.17, 15) is 4.39 Å². The van der Waals surface area contributed by atoms with Crippen molar-refractivity contribution in [2.24, 2.45) is 0 Å². The summed E-state index contributed by atoms with van der Waals surface area (Å²) in [6.45, 7) is 0. The Kier molecular flexibility index (Phi) is 4.70. The first-order valence-electron chi connectivity index (χ1n) is 11.0. The molecule has 156 valence electrons. The second-order valence-corrected chi connectivity index (χ2v) is 8.28. The van der Waals surface area contributed by atoms with E-state index in [1.54, 1.807) is 0 Å². The highest BCUT2D eigenvalue weighted by molar-refractivity contribution is 5.91. The molecule has 0 saturated carbocycles. The second-order valence-electron chi connectivity index (χ2n) is 8.28. The van der Waals surface area contributed by atoms with E-state index in [-0.39, 0.29) is 5.82 Å². The quantitative estimate of drug-likeness (QED) is 0.277. The van der Waals surface area contributed by atoms with E-state index in [0.29, 0.717) is 0 Å². The molecule has 0 amide bonds. The minimum Gasteiger partial charge on any atom is -0.256 e. The summed E-state index contributed by atoms with van der Waals surface area (Å²) in [6, 6.07) is 38.5. The normalized spacial score (nSPS) is 11.2. The molecule has 0 spiro atoms. The Hall–Kier alpha value is -4.30. The maximum atomic E-state index is 13.3. The van der Waals surface area contributed by atoms with E-state index < -0.39 is 0 Å². The Morgan fingerprint density at radius 2 is 0.939 bits per heavy atom. The first-order valence-corrected chi connectivity index (χ1v) is 11.0. The molecule has 0 radical (unpaired) electrons. The van der Waals surface area contributed by atoms with Crippen LogP contribution in [0.3, 0.4) is 0 Å². The molecular formula is C31H20FN. The van der Waals surface area contributed by atoms with Gasteiger partial charge in [0, 0.05) is 17.1 Å². The molecule has 0 N–H and O–H groups in total. The molecule has 1 heterocycles. The molecule has 1 nitrogen and oxygen atoms in total. The fourth-order valence-electron chi connectivity index (χ4n) is 4.33. The highest BCUT2D eigenvalue weighted by Crippen LogP contribution is 2.30. The zero-order valence-electron chi connectivity index (χ0n) is 17.9. The third-order valence-corrected chi connectivity index (χ3v) is 6.16. The zero-order valence-corrected chi connectivity index (χ0v) is 17.9. The highest BCUT2D eigenvalue weighted by Gasteiger charge is 2.05. The number of aromatic nitrogens is 1. The number of hydrogen-bond acceptors (Lipinski definition) is 1. The van der Waals surface area contributed by atoms with Crippen molar-refractivity contribution in [2.45, 2.75) is 0 Å². The van der Waals surface area contributed by atoms with E-state index in [1.807, 2.05) is 36.5 Å². The number of halogens is 1. The van der Waals surface area contributed by atoms with Crippen LogP contribution in [-0.2, 0) is 0 Å². The van der Waals surface area contributed by atoms with Crippen molar-refractivity contribution in [3.8, 4) is 33.4 Å². The van der Waals surface area contributed by atoms with Crippen molar-refractivity contribution in [1.82, 2.24) is 4.98 Å². The van der Waals surface area contributed by atoms with Crippen molar-refractivity contribution in [3.63, 3.8) is 0 Å². The van der Waals surface area contributed by atoms with Gasteiger partial charge in [0.15, 0.2) is 0 Å². The van der Waals surface area contributed by atoms with Gasteiger partial charge in [0.1, 0.15) is 5.82 Å².